The van der Waals surface area contributed by atoms with Crippen molar-refractivity contribution in [3.05, 3.63) is 13.1 Å². The average Bonchev–Trinajstić information content (AvgIpc) is 1.50. The minimum atomic E-state index is 0. The fraction of sp³-hybridized carbons (Fsp3) is 0. The molecule has 0 atom stereocenters. The molecule has 0 aliphatic carbocycles. The molecule has 0 amide bonds. The van der Waals surface area contributed by atoms with E-state index in [1.54, 1.807) is 0 Å². The van der Waals surface area contributed by atoms with Crippen LogP contribution in [0, 0.1) is 23.7 Å². The molecule has 0 radical (unpaired) electrons. The maximum Gasteiger partial charge on any atom is 1.00 e. The summed E-state index contributed by atoms with van der Waals surface area (Å²) >= 11 is 0. The quantitative estimate of drug-likeness (QED) is 0.300. The van der Waals surface area contributed by atoms with Crippen LogP contribution >= 0.6 is 0 Å². The Morgan fingerprint density at radius 3 is 0.833 bits per heavy atom. The van der Waals surface area contributed by atoms with E-state index in [9.17, 15) is 0 Å². The van der Waals surface area contributed by atoms with Gasteiger partial charge in [-0.1, -0.05) is 0 Å². The van der Waals surface area contributed by atoms with Gasteiger partial charge in [0.05, 0.1) is 0 Å². The minimum Gasteiger partial charge on any atom is -0.512 e. The predicted octanol–water partition coefficient (Wildman–Crippen LogP) is -2.81. The smallest absolute Gasteiger partial charge is 0.512 e. The van der Waals surface area contributed by atoms with Crippen LogP contribution in [-0.4, -0.2) is 0 Å². The van der Waals surface area contributed by atoms with Crippen LogP contribution in [0.1, 0.15) is 0 Å². The van der Waals surface area contributed by atoms with Gasteiger partial charge in [0.15, 0.2) is 0 Å². The standard InChI is InChI=1S/2CN.Ag.Na/c2*1-2;;/q2*-1;2*+1. The van der Waals surface area contributed by atoms with Gasteiger partial charge in [0.25, 0.3) is 0 Å². The average molecular weight is 183 g/mol. The third kappa shape index (κ3) is 126. The molecule has 0 aliphatic heterocycles. The third-order valence-electron chi connectivity index (χ3n) is 0. The van der Waals surface area contributed by atoms with Crippen LogP contribution in [0.5, 0.6) is 0 Å². The molecule has 0 saturated carbocycles. The SMILES string of the molecule is [Ag+].[C-]#N.[C-]#N.[Na+]. The first-order valence-corrected chi connectivity index (χ1v) is 0.447. The molecule has 0 unspecified atom stereocenters. The van der Waals surface area contributed by atoms with E-state index < -0.39 is 0 Å². The minimum absolute atomic E-state index is 0. The molecular weight excluding hydrogens is 183 g/mol. The topological polar surface area (TPSA) is 47.6 Å². The van der Waals surface area contributed by atoms with Crippen molar-refractivity contribution < 1.29 is 51.9 Å². The van der Waals surface area contributed by atoms with Crippen LogP contribution in [0.2, 0.25) is 0 Å². The van der Waals surface area contributed by atoms with Crippen LogP contribution in [-0.2, 0) is 22.4 Å². The van der Waals surface area contributed by atoms with Crippen LogP contribution < -0.4 is 29.6 Å². The van der Waals surface area contributed by atoms with Gasteiger partial charge in [-0.2, -0.15) is 0 Å². The van der Waals surface area contributed by atoms with Crippen LogP contribution in [0.25, 0.3) is 0 Å². The van der Waals surface area contributed by atoms with E-state index in [0.29, 0.717) is 0 Å². The molecule has 0 aliphatic rings. The van der Waals surface area contributed by atoms with Gasteiger partial charge >= 0.3 is 51.9 Å². The van der Waals surface area contributed by atoms with Gasteiger partial charge in [0.1, 0.15) is 0 Å². The summed E-state index contributed by atoms with van der Waals surface area (Å²) in [4.78, 5) is 0. The van der Waals surface area contributed by atoms with Crippen molar-refractivity contribution in [2.75, 3.05) is 0 Å². The number of rotatable bonds is 0. The van der Waals surface area contributed by atoms with Crippen LogP contribution in [0.4, 0.5) is 0 Å². The van der Waals surface area contributed by atoms with Gasteiger partial charge in [-0.25, -0.2) is 0 Å². The van der Waals surface area contributed by atoms with Crippen molar-refractivity contribution in [2.45, 2.75) is 0 Å². The maximum absolute atomic E-state index is 6.25. The second-order valence-electron chi connectivity index (χ2n) is 0. The zero-order chi connectivity index (χ0) is 4.00. The monoisotopic (exact) mass is 182 g/mol. The molecule has 0 aromatic heterocycles. The first kappa shape index (κ1) is 29.7. The summed E-state index contributed by atoms with van der Waals surface area (Å²) in [5.41, 5.74) is 0. The molecule has 0 bridgehead atoms. The number of nitrogens with zero attached hydrogens (tertiary/aromatic N) is 2. The fourth-order valence-electron chi connectivity index (χ4n) is 0. The normalized spacial score (nSPS) is 0.667. The molecule has 6 heavy (non-hydrogen) atoms. The first-order valence-electron chi connectivity index (χ1n) is 0.447. The summed E-state index contributed by atoms with van der Waals surface area (Å²) < 4.78 is 0. The molecular formula is C2AgN2Na. The Morgan fingerprint density at radius 1 is 0.833 bits per heavy atom. The molecule has 0 heterocycles. The maximum atomic E-state index is 6.25. The van der Waals surface area contributed by atoms with Gasteiger partial charge in [0.2, 0.25) is 0 Å². The van der Waals surface area contributed by atoms with Gasteiger partial charge in [-0.3, -0.25) is 0 Å². The predicted molar refractivity (Wildman–Crippen MR) is 9.94 cm³/mol. The van der Waals surface area contributed by atoms with E-state index in [2.05, 4.69) is 0 Å². The first-order chi connectivity index (χ1) is 2.00. The van der Waals surface area contributed by atoms with Crippen molar-refractivity contribution in [1.29, 1.82) is 10.5 Å². The van der Waals surface area contributed by atoms with Gasteiger partial charge in [-0.15, -0.1) is 0 Å². The molecule has 0 aromatic rings. The third-order valence-corrected chi connectivity index (χ3v) is 0. The Bertz CT molecular complexity index is 27.0. The molecule has 0 aromatic carbocycles. The van der Waals surface area contributed by atoms with E-state index in [4.69, 9.17) is 23.7 Å². The van der Waals surface area contributed by atoms with Crippen LogP contribution in [0.3, 0.4) is 0 Å². The Hall–Kier alpha value is 0.720. The van der Waals surface area contributed by atoms with Crippen molar-refractivity contribution in [3.8, 4) is 0 Å². The van der Waals surface area contributed by atoms with E-state index in [1.165, 1.54) is 0 Å². The largest absolute Gasteiger partial charge is 1.00 e. The molecule has 0 saturated heterocycles. The van der Waals surface area contributed by atoms with Gasteiger partial charge in [0, 0.05) is 0 Å². The number of hydrogen-bond donors (Lipinski definition) is 0. The molecule has 0 fully saturated rings. The zero-order valence-electron chi connectivity index (χ0n) is 3.20. The van der Waals surface area contributed by atoms with Gasteiger partial charge < -0.3 is 23.7 Å². The molecule has 2 nitrogen and oxygen atoms in total. The van der Waals surface area contributed by atoms with E-state index in [1.807, 2.05) is 0 Å². The Morgan fingerprint density at radius 2 is 0.833 bits per heavy atom. The van der Waals surface area contributed by atoms with Crippen molar-refractivity contribution in [1.82, 2.24) is 0 Å². The second-order valence-corrected chi connectivity index (χ2v) is 0. The Balaban J connectivity index is -0.00000000500. The fourth-order valence-corrected chi connectivity index (χ4v) is 0. The van der Waals surface area contributed by atoms with Crippen molar-refractivity contribution in [2.24, 2.45) is 0 Å². The summed E-state index contributed by atoms with van der Waals surface area (Å²) in [6.45, 7) is 9.50. The number of hydrogen-bond acceptors (Lipinski definition) is 2. The summed E-state index contributed by atoms with van der Waals surface area (Å²) in [5.74, 6) is 0. The second kappa shape index (κ2) is 246. The molecule has 0 N–H and O–H groups in total. The van der Waals surface area contributed by atoms with E-state index >= 15 is 0 Å². The van der Waals surface area contributed by atoms with Crippen LogP contribution in [0.15, 0.2) is 0 Å². The summed E-state index contributed by atoms with van der Waals surface area (Å²) in [6, 6.07) is 0. The molecule has 4 heteroatoms. The summed E-state index contributed by atoms with van der Waals surface area (Å²) in [6.07, 6.45) is 0. The Labute approximate surface area is 74.9 Å². The Kier molecular flexibility index (Phi) is 1220. The van der Waals surface area contributed by atoms with E-state index in [-0.39, 0.29) is 51.9 Å². The van der Waals surface area contributed by atoms with E-state index in [0.717, 1.165) is 0 Å². The van der Waals surface area contributed by atoms with Crippen molar-refractivity contribution >= 4 is 0 Å². The van der Waals surface area contributed by atoms with Crippen molar-refractivity contribution in [3.63, 3.8) is 0 Å². The molecule has 0 spiro atoms. The molecule has 0 rings (SSSR count). The summed E-state index contributed by atoms with van der Waals surface area (Å²) in [5, 5.41) is 12.5. The summed E-state index contributed by atoms with van der Waals surface area (Å²) in [7, 11) is 0. The molecule has 30 valence electrons. The zero-order valence-corrected chi connectivity index (χ0v) is 6.68. The van der Waals surface area contributed by atoms with Gasteiger partial charge in [-0.05, 0) is 0 Å².